The van der Waals surface area contributed by atoms with E-state index in [2.05, 4.69) is 31.2 Å². The minimum atomic E-state index is -1.30. The average molecular weight is 322 g/mol. The molecule has 0 atom stereocenters. The molecular weight excluding hydrogens is 314 g/mol. The monoisotopic (exact) mass is 321 g/mol. The molecule has 0 unspecified atom stereocenters. The topological polar surface area (TPSA) is 92.2 Å². The van der Waals surface area contributed by atoms with Crippen LogP contribution in [-0.4, -0.2) is 27.0 Å². The van der Waals surface area contributed by atoms with Crippen molar-refractivity contribution in [2.75, 3.05) is 5.32 Å². The van der Waals surface area contributed by atoms with Crippen molar-refractivity contribution in [3.8, 4) is 0 Å². The lowest BCUT2D eigenvalue weighted by atomic mass is 10.2. The van der Waals surface area contributed by atoms with E-state index in [-0.39, 0.29) is 11.4 Å². The fraction of sp³-hybridized carbons (Fsp3) is 0. The molecule has 1 aromatic heterocycles. The number of carboxylic acid groups (broad SMARTS) is 1. The third-order valence-electron chi connectivity index (χ3n) is 2.20. The Morgan fingerprint density at radius 1 is 1.16 bits per heavy atom. The van der Waals surface area contributed by atoms with Gasteiger partial charge in [0.1, 0.15) is 0 Å². The van der Waals surface area contributed by atoms with Gasteiger partial charge in [0.25, 0.3) is 5.91 Å². The van der Waals surface area contributed by atoms with Crippen LogP contribution in [0.25, 0.3) is 0 Å². The van der Waals surface area contributed by atoms with E-state index in [1.807, 2.05) is 0 Å². The predicted octanol–water partition coefficient (Wildman–Crippen LogP) is 2.19. The van der Waals surface area contributed by atoms with Crippen LogP contribution in [0.4, 0.5) is 5.69 Å². The zero-order valence-electron chi connectivity index (χ0n) is 9.50. The number of hydrogen-bond donors (Lipinski definition) is 2. The second-order valence-electron chi connectivity index (χ2n) is 3.52. The zero-order chi connectivity index (χ0) is 13.8. The van der Waals surface area contributed by atoms with Gasteiger partial charge in [0.15, 0.2) is 11.4 Å². The van der Waals surface area contributed by atoms with Crippen LogP contribution in [0.1, 0.15) is 21.0 Å². The molecule has 19 heavy (non-hydrogen) atoms. The van der Waals surface area contributed by atoms with Gasteiger partial charge in [-0.2, -0.15) is 0 Å². The van der Waals surface area contributed by atoms with Gasteiger partial charge in [-0.3, -0.25) is 4.79 Å². The first-order valence-electron chi connectivity index (χ1n) is 5.19. The van der Waals surface area contributed by atoms with Gasteiger partial charge in [0.2, 0.25) is 0 Å². The number of benzene rings is 1. The van der Waals surface area contributed by atoms with E-state index in [0.29, 0.717) is 5.69 Å². The summed E-state index contributed by atoms with van der Waals surface area (Å²) in [5.74, 6) is -1.92. The molecule has 0 spiro atoms. The van der Waals surface area contributed by atoms with Crippen molar-refractivity contribution in [1.29, 1.82) is 0 Å². The summed E-state index contributed by atoms with van der Waals surface area (Å²) < 4.78 is 0.794. The summed E-state index contributed by atoms with van der Waals surface area (Å²) in [6, 6.07) is 6.92. The van der Waals surface area contributed by atoms with Crippen molar-refractivity contribution in [2.24, 2.45) is 0 Å². The van der Waals surface area contributed by atoms with E-state index in [1.165, 1.54) is 12.4 Å². The Morgan fingerprint density at radius 3 is 2.47 bits per heavy atom. The van der Waals surface area contributed by atoms with Gasteiger partial charge in [-0.25, -0.2) is 14.8 Å². The number of nitrogens with one attached hydrogen (secondary N) is 1. The summed E-state index contributed by atoms with van der Waals surface area (Å²) in [6.07, 6.45) is 2.49. The smallest absolute Gasteiger partial charge is 0.356 e. The van der Waals surface area contributed by atoms with Gasteiger partial charge in [-0.15, -0.1) is 0 Å². The largest absolute Gasteiger partial charge is 0.476 e. The molecule has 2 rings (SSSR count). The minimum Gasteiger partial charge on any atom is -0.476 e. The lowest BCUT2D eigenvalue weighted by Gasteiger charge is -2.06. The van der Waals surface area contributed by atoms with E-state index in [4.69, 9.17) is 5.11 Å². The number of anilines is 1. The van der Waals surface area contributed by atoms with Crippen molar-refractivity contribution in [3.05, 3.63) is 52.5 Å². The molecule has 7 heteroatoms. The Morgan fingerprint density at radius 2 is 1.84 bits per heavy atom. The molecule has 0 fully saturated rings. The van der Waals surface area contributed by atoms with Gasteiger partial charge in [0, 0.05) is 22.6 Å². The number of aromatic carboxylic acids is 1. The van der Waals surface area contributed by atoms with Crippen LogP contribution in [0.15, 0.2) is 41.1 Å². The number of amides is 1. The lowest BCUT2D eigenvalue weighted by Crippen LogP contribution is -2.19. The van der Waals surface area contributed by atoms with Gasteiger partial charge in [-0.1, -0.05) is 22.0 Å². The maximum absolute atomic E-state index is 12.0. The standard InChI is InChI=1S/C12H8BrN3O3/c13-7-2-1-3-8(6-7)16-11(17)9-10(12(18)19)15-5-4-14-9/h1-6H,(H,16,17)(H,18,19). The number of aromatic nitrogens is 2. The van der Waals surface area contributed by atoms with Crippen LogP contribution < -0.4 is 5.32 Å². The molecule has 0 aliphatic carbocycles. The van der Waals surface area contributed by atoms with E-state index in [9.17, 15) is 9.59 Å². The van der Waals surface area contributed by atoms with Crippen LogP contribution >= 0.6 is 15.9 Å². The average Bonchev–Trinajstić information content (AvgIpc) is 2.38. The van der Waals surface area contributed by atoms with Crippen molar-refractivity contribution in [3.63, 3.8) is 0 Å². The maximum Gasteiger partial charge on any atom is 0.356 e. The molecule has 2 N–H and O–H groups in total. The summed E-state index contributed by atoms with van der Waals surface area (Å²) in [6.45, 7) is 0. The minimum absolute atomic E-state index is 0.227. The maximum atomic E-state index is 12.0. The highest BCUT2D eigenvalue weighted by Gasteiger charge is 2.19. The van der Waals surface area contributed by atoms with Crippen molar-refractivity contribution in [1.82, 2.24) is 9.97 Å². The first kappa shape index (κ1) is 13.2. The van der Waals surface area contributed by atoms with Gasteiger partial charge < -0.3 is 10.4 Å². The molecule has 0 radical (unpaired) electrons. The third-order valence-corrected chi connectivity index (χ3v) is 2.69. The van der Waals surface area contributed by atoms with Crippen LogP contribution in [0.2, 0.25) is 0 Å². The molecule has 0 aliphatic rings. The summed E-state index contributed by atoms with van der Waals surface area (Å²) in [5.41, 5.74) is -0.0775. The highest BCUT2D eigenvalue weighted by molar-refractivity contribution is 9.10. The van der Waals surface area contributed by atoms with Crippen LogP contribution in [0.3, 0.4) is 0 Å². The Balaban J connectivity index is 2.28. The van der Waals surface area contributed by atoms with Crippen LogP contribution in [0, 0.1) is 0 Å². The molecule has 0 saturated heterocycles. The van der Waals surface area contributed by atoms with Crippen molar-refractivity contribution < 1.29 is 14.7 Å². The molecule has 0 saturated carbocycles. The third kappa shape index (κ3) is 3.14. The zero-order valence-corrected chi connectivity index (χ0v) is 11.1. The summed E-state index contributed by atoms with van der Waals surface area (Å²) in [5, 5.41) is 11.5. The Hall–Kier alpha value is -2.28. The Kier molecular flexibility index (Phi) is 3.86. The highest BCUT2D eigenvalue weighted by atomic mass is 79.9. The van der Waals surface area contributed by atoms with Crippen molar-refractivity contribution in [2.45, 2.75) is 0 Å². The lowest BCUT2D eigenvalue weighted by molar-refractivity contribution is 0.0685. The van der Waals surface area contributed by atoms with Gasteiger partial charge in [-0.05, 0) is 18.2 Å². The van der Waals surface area contributed by atoms with E-state index >= 15 is 0 Å². The molecule has 0 bridgehead atoms. The van der Waals surface area contributed by atoms with Crippen LogP contribution in [-0.2, 0) is 0 Å². The number of halogens is 1. The number of carbonyl (C=O) groups excluding carboxylic acids is 1. The Bertz CT molecular complexity index is 646. The van der Waals surface area contributed by atoms with Crippen LogP contribution in [0.5, 0.6) is 0 Å². The second-order valence-corrected chi connectivity index (χ2v) is 4.44. The number of hydrogen-bond acceptors (Lipinski definition) is 4. The highest BCUT2D eigenvalue weighted by Crippen LogP contribution is 2.16. The number of rotatable bonds is 3. The van der Waals surface area contributed by atoms with Gasteiger partial charge in [0.05, 0.1) is 0 Å². The molecular formula is C12H8BrN3O3. The first-order valence-corrected chi connectivity index (χ1v) is 5.98. The van der Waals surface area contributed by atoms with E-state index < -0.39 is 11.9 Å². The molecule has 2 aromatic rings. The number of carboxylic acids is 1. The summed E-state index contributed by atoms with van der Waals surface area (Å²) in [4.78, 5) is 30.3. The molecule has 6 nitrogen and oxygen atoms in total. The van der Waals surface area contributed by atoms with E-state index in [0.717, 1.165) is 4.47 Å². The normalized spacial score (nSPS) is 9.95. The SMILES string of the molecule is O=C(O)c1nccnc1C(=O)Nc1cccc(Br)c1. The summed E-state index contributed by atoms with van der Waals surface area (Å²) in [7, 11) is 0. The first-order chi connectivity index (χ1) is 9.08. The van der Waals surface area contributed by atoms with E-state index in [1.54, 1.807) is 24.3 Å². The quantitative estimate of drug-likeness (QED) is 0.904. The second kappa shape index (κ2) is 5.57. The fourth-order valence-electron chi connectivity index (χ4n) is 1.42. The van der Waals surface area contributed by atoms with Crippen molar-refractivity contribution >= 4 is 33.5 Å². The molecule has 1 heterocycles. The van der Waals surface area contributed by atoms with Gasteiger partial charge >= 0.3 is 5.97 Å². The summed E-state index contributed by atoms with van der Waals surface area (Å²) >= 11 is 3.27. The molecule has 1 amide bonds. The molecule has 1 aromatic carbocycles. The number of nitrogens with zero attached hydrogens (tertiary/aromatic N) is 2. The number of carbonyl (C=O) groups is 2. The predicted molar refractivity (Wildman–Crippen MR) is 71.1 cm³/mol. The molecule has 96 valence electrons. The molecule has 0 aliphatic heterocycles. The Labute approximate surface area is 116 Å². The fourth-order valence-corrected chi connectivity index (χ4v) is 1.82.